The van der Waals surface area contributed by atoms with Gasteiger partial charge in [0.2, 0.25) is 0 Å². The van der Waals surface area contributed by atoms with Gasteiger partial charge in [-0.25, -0.2) is 0 Å². The first-order valence-electron chi connectivity index (χ1n) is 6.71. The minimum atomic E-state index is -0.00836. The zero-order chi connectivity index (χ0) is 15.0. The molecule has 0 aliphatic carbocycles. The minimum absolute atomic E-state index is 0.00836. The van der Waals surface area contributed by atoms with Crippen LogP contribution in [0.4, 0.5) is 0 Å². The molecule has 1 atom stereocenters. The smallest absolute Gasteiger partial charge is 0.152 e. The molecule has 4 heteroatoms. The number of halogens is 2. The van der Waals surface area contributed by atoms with E-state index in [1.165, 1.54) is 11.1 Å². The standard InChI is InChI=1S/C17H15BrClNO/c1-10-6-7-12(18)9-13(10)16(20-2)15-8-11-4-3-5-14(19)17(11)21-15/h3-9,16,20H,1-2H3. The van der Waals surface area contributed by atoms with Gasteiger partial charge in [-0.1, -0.05) is 45.7 Å². The summed E-state index contributed by atoms with van der Waals surface area (Å²) < 4.78 is 7.04. The van der Waals surface area contributed by atoms with Gasteiger partial charge in [0.15, 0.2) is 5.58 Å². The fraction of sp³-hybridized carbons (Fsp3) is 0.176. The number of furan rings is 1. The highest BCUT2D eigenvalue weighted by atomic mass is 79.9. The number of rotatable bonds is 3. The highest BCUT2D eigenvalue weighted by Gasteiger charge is 2.19. The van der Waals surface area contributed by atoms with E-state index in [1.807, 2.05) is 37.4 Å². The molecule has 0 fully saturated rings. The maximum atomic E-state index is 6.20. The van der Waals surface area contributed by atoms with Crippen molar-refractivity contribution in [2.45, 2.75) is 13.0 Å². The molecule has 0 spiro atoms. The van der Waals surface area contributed by atoms with Crippen LogP contribution in [0.3, 0.4) is 0 Å². The maximum Gasteiger partial charge on any atom is 0.152 e. The number of aryl methyl sites for hydroxylation is 1. The Morgan fingerprint density at radius 3 is 2.71 bits per heavy atom. The molecule has 3 rings (SSSR count). The van der Waals surface area contributed by atoms with Gasteiger partial charge in [-0.2, -0.15) is 0 Å². The van der Waals surface area contributed by atoms with Crippen molar-refractivity contribution < 1.29 is 4.42 Å². The molecular weight excluding hydrogens is 350 g/mol. The Labute approximate surface area is 137 Å². The fourth-order valence-corrected chi connectivity index (χ4v) is 3.16. The molecule has 0 saturated carbocycles. The topological polar surface area (TPSA) is 25.2 Å². The van der Waals surface area contributed by atoms with E-state index in [4.69, 9.17) is 16.0 Å². The van der Waals surface area contributed by atoms with Crippen LogP contribution >= 0.6 is 27.5 Å². The minimum Gasteiger partial charge on any atom is -0.457 e. The zero-order valence-electron chi connectivity index (χ0n) is 11.8. The molecule has 21 heavy (non-hydrogen) atoms. The zero-order valence-corrected chi connectivity index (χ0v) is 14.1. The van der Waals surface area contributed by atoms with E-state index in [0.29, 0.717) is 5.02 Å². The largest absolute Gasteiger partial charge is 0.457 e. The van der Waals surface area contributed by atoms with Crippen LogP contribution in [0.15, 0.2) is 51.4 Å². The van der Waals surface area contributed by atoms with Crippen molar-refractivity contribution in [3.05, 3.63) is 68.8 Å². The number of fused-ring (bicyclic) bond motifs is 1. The molecule has 0 amide bonds. The van der Waals surface area contributed by atoms with Crippen LogP contribution in [-0.4, -0.2) is 7.05 Å². The van der Waals surface area contributed by atoms with Crippen LogP contribution in [0.5, 0.6) is 0 Å². The average molecular weight is 365 g/mol. The SMILES string of the molecule is CNC(c1cc2cccc(Cl)c2o1)c1cc(Br)ccc1C. The first-order chi connectivity index (χ1) is 10.1. The summed E-state index contributed by atoms with van der Waals surface area (Å²) in [6.45, 7) is 2.10. The van der Waals surface area contributed by atoms with Gasteiger partial charge in [-0.3, -0.25) is 0 Å². The predicted octanol–water partition coefficient (Wildman–Crippen LogP) is 5.47. The van der Waals surface area contributed by atoms with Gasteiger partial charge in [0.05, 0.1) is 11.1 Å². The predicted molar refractivity (Wildman–Crippen MR) is 91.0 cm³/mol. The molecule has 0 bridgehead atoms. The summed E-state index contributed by atoms with van der Waals surface area (Å²) in [5.41, 5.74) is 3.13. The lowest BCUT2D eigenvalue weighted by Gasteiger charge is -2.17. The molecule has 108 valence electrons. The molecule has 1 unspecified atom stereocenters. The Balaban J connectivity index is 2.13. The summed E-state index contributed by atoms with van der Waals surface area (Å²) in [6.07, 6.45) is 0. The lowest BCUT2D eigenvalue weighted by atomic mass is 9.99. The van der Waals surface area contributed by atoms with E-state index in [2.05, 4.69) is 40.3 Å². The van der Waals surface area contributed by atoms with Crippen LogP contribution in [0.25, 0.3) is 11.0 Å². The summed E-state index contributed by atoms with van der Waals surface area (Å²) in [6, 6.07) is 14.1. The number of hydrogen-bond donors (Lipinski definition) is 1. The Morgan fingerprint density at radius 1 is 1.19 bits per heavy atom. The third-order valence-electron chi connectivity index (χ3n) is 3.64. The third-order valence-corrected chi connectivity index (χ3v) is 4.43. The lowest BCUT2D eigenvalue weighted by molar-refractivity contribution is 0.490. The summed E-state index contributed by atoms with van der Waals surface area (Å²) >= 11 is 9.73. The number of hydrogen-bond acceptors (Lipinski definition) is 2. The van der Waals surface area contributed by atoms with Crippen molar-refractivity contribution in [2.24, 2.45) is 0 Å². The van der Waals surface area contributed by atoms with Gasteiger partial charge in [-0.05, 0) is 49.4 Å². The Hall–Kier alpha value is -1.29. The maximum absolute atomic E-state index is 6.20. The Morgan fingerprint density at radius 2 is 2.00 bits per heavy atom. The van der Waals surface area contributed by atoms with E-state index in [9.17, 15) is 0 Å². The number of benzene rings is 2. The van der Waals surface area contributed by atoms with Crippen LogP contribution in [0.2, 0.25) is 5.02 Å². The first kappa shape index (κ1) is 14.6. The van der Waals surface area contributed by atoms with Gasteiger partial charge in [0.25, 0.3) is 0 Å². The monoisotopic (exact) mass is 363 g/mol. The molecular formula is C17H15BrClNO. The normalized spacial score (nSPS) is 12.8. The van der Waals surface area contributed by atoms with Crippen molar-refractivity contribution in [3.8, 4) is 0 Å². The molecule has 2 nitrogen and oxygen atoms in total. The molecule has 0 radical (unpaired) electrons. The molecule has 0 aliphatic rings. The quantitative estimate of drug-likeness (QED) is 0.667. The van der Waals surface area contributed by atoms with Crippen LogP contribution in [-0.2, 0) is 0 Å². The molecule has 0 saturated heterocycles. The van der Waals surface area contributed by atoms with Crippen molar-refractivity contribution in [3.63, 3.8) is 0 Å². The van der Waals surface area contributed by atoms with E-state index >= 15 is 0 Å². The summed E-state index contributed by atoms with van der Waals surface area (Å²) in [4.78, 5) is 0. The summed E-state index contributed by atoms with van der Waals surface area (Å²) in [7, 11) is 1.93. The van der Waals surface area contributed by atoms with Crippen LogP contribution in [0, 0.1) is 6.92 Å². The van der Waals surface area contributed by atoms with Gasteiger partial charge < -0.3 is 9.73 Å². The highest BCUT2D eigenvalue weighted by molar-refractivity contribution is 9.10. The van der Waals surface area contributed by atoms with Gasteiger partial charge in [0.1, 0.15) is 5.76 Å². The lowest BCUT2D eigenvalue weighted by Crippen LogP contribution is -2.18. The second-order valence-corrected chi connectivity index (χ2v) is 6.35. The average Bonchev–Trinajstić information content (AvgIpc) is 2.89. The van der Waals surface area contributed by atoms with E-state index in [-0.39, 0.29) is 6.04 Å². The highest BCUT2D eigenvalue weighted by Crippen LogP contribution is 2.33. The number of nitrogens with one attached hydrogen (secondary N) is 1. The molecule has 1 heterocycles. The van der Waals surface area contributed by atoms with Gasteiger partial charge >= 0.3 is 0 Å². The van der Waals surface area contributed by atoms with Gasteiger partial charge in [0, 0.05) is 9.86 Å². The van der Waals surface area contributed by atoms with E-state index < -0.39 is 0 Å². The molecule has 1 aromatic heterocycles. The van der Waals surface area contributed by atoms with Crippen molar-refractivity contribution in [1.29, 1.82) is 0 Å². The first-order valence-corrected chi connectivity index (χ1v) is 7.88. The van der Waals surface area contributed by atoms with Crippen molar-refractivity contribution in [1.82, 2.24) is 5.32 Å². The molecule has 2 aromatic carbocycles. The van der Waals surface area contributed by atoms with Crippen molar-refractivity contribution >= 4 is 38.5 Å². The fourth-order valence-electron chi connectivity index (χ4n) is 2.56. The second kappa shape index (κ2) is 5.84. The molecule has 3 aromatic rings. The summed E-state index contributed by atoms with van der Waals surface area (Å²) in [5, 5.41) is 4.98. The van der Waals surface area contributed by atoms with Gasteiger partial charge in [-0.15, -0.1) is 0 Å². The molecule has 1 N–H and O–H groups in total. The third kappa shape index (κ3) is 2.73. The van der Waals surface area contributed by atoms with E-state index in [1.54, 1.807) is 0 Å². The van der Waals surface area contributed by atoms with Crippen LogP contribution in [0.1, 0.15) is 22.9 Å². The number of para-hydroxylation sites is 1. The summed E-state index contributed by atoms with van der Waals surface area (Å²) in [5.74, 6) is 0.863. The van der Waals surface area contributed by atoms with Crippen molar-refractivity contribution in [2.75, 3.05) is 7.05 Å². The van der Waals surface area contributed by atoms with E-state index in [0.717, 1.165) is 21.2 Å². The molecule has 0 aliphatic heterocycles. The van der Waals surface area contributed by atoms with Crippen LogP contribution < -0.4 is 5.32 Å². The second-order valence-electron chi connectivity index (χ2n) is 5.03. The Bertz CT molecular complexity index is 797. The Kier molecular flexibility index (Phi) is 4.07.